The van der Waals surface area contributed by atoms with Gasteiger partial charge in [-0.05, 0) is 18.9 Å². The Kier molecular flexibility index (Phi) is 18.0. The van der Waals surface area contributed by atoms with Gasteiger partial charge in [-0.25, -0.2) is 4.79 Å². The van der Waals surface area contributed by atoms with Gasteiger partial charge in [0.2, 0.25) is 0 Å². The number of carboxylic acids is 1. The summed E-state index contributed by atoms with van der Waals surface area (Å²) in [6.07, 6.45) is 19.4. The normalized spacial score (nSPS) is 12.2. The molecule has 186 valence electrons. The molecule has 2 N–H and O–H groups in total. The predicted octanol–water partition coefficient (Wildman–Crippen LogP) is 6.34. The topological polar surface area (TPSA) is 80.6 Å². The van der Waals surface area contributed by atoms with Crippen LogP contribution in [0.4, 0.5) is 0 Å². The summed E-state index contributed by atoms with van der Waals surface area (Å²) in [5.74, 6) is -1.62. The second-order valence-electron chi connectivity index (χ2n) is 9.53. The monoisotopic (exact) mass is 451 g/mol. The number of nitrogens with zero attached hydrogens (tertiary/aromatic N) is 1. The van der Waals surface area contributed by atoms with Crippen molar-refractivity contribution in [3.8, 4) is 5.75 Å². The number of hydrogen-bond donors (Lipinski definition) is 2. The van der Waals surface area contributed by atoms with E-state index in [1.807, 2.05) is 6.92 Å². The van der Waals surface area contributed by atoms with Crippen LogP contribution in [-0.2, 0) is 0 Å². The largest absolute Gasteiger partial charge is 0.872 e. The highest BCUT2D eigenvalue weighted by Gasteiger charge is 2.20. The van der Waals surface area contributed by atoms with Gasteiger partial charge in [-0.2, -0.15) is 0 Å². The van der Waals surface area contributed by atoms with Crippen LogP contribution in [0.25, 0.3) is 0 Å². The van der Waals surface area contributed by atoms with Crippen LogP contribution in [0.2, 0.25) is 0 Å². The molecule has 0 saturated heterocycles. The number of rotatable bonds is 17. The van der Waals surface area contributed by atoms with Crippen LogP contribution in [-0.4, -0.2) is 47.5 Å². The molecule has 1 atom stereocenters. The first kappa shape index (κ1) is 30.4. The molecule has 0 amide bonds. The van der Waals surface area contributed by atoms with E-state index in [9.17, 15) is 15.0 Å². The minimum Gasteiger partial charge on any atom is -0.872 e. The fourth-order valence-electron chi connectivity index (χ4n) is 3.54. The van der Waals surface area contributed by atoms with Crippen LogP contribution in [0.3, 0.4) is 0 Å². The van der Waals surface area contributed by atoms with Crippen molar-refractivity contribution in [3.63, 3.8) is 0 Å². The van der Waals surface area contributed by atoms with E-state index < -0.39 is 11.7 Å². The van der Waals surface area contributed by atoms with Crippen molar-refractivity contribution >= 4 is 5.97 Å². The summed E-state index contributed by atoms with van der Waals surface area (Å²) in [5, 5.41) is 28.7. The lowest BCUT2D eigenvalue weighted by molar-refractivity contribution is -0.934. The van der Waals surface area contributed by atoms with Crippen LogP contribution < -0.4 is 5.11 Å². The number of hydrogen-bond acceptors (Lipinski definition) is 3. The summed E-state index contributed by atoms with van der Waals surface area (Å²) >= 11 is 0. The summed E-state index contributed by atoms with van der Waals surface area (Å²) in [5.41, 5.74) is -0.178. The first-order chi connectivity index (χ1) is 15.2. The van der Waals surface area contributed by atoms with Gasteiger partial charge in [0, 0.05) is 6.92 Å². The summed E-state index contributed by atoms with van der Waals surface area (Å²) in [4.78, 5) is 10.2. The fourth-order valence-corrected chi connectivity index (χ4v) is 3.54. The van der Waals surface area contributed by atoms with Crippen LogP contribution in [0.5, 0.6) is 5.75 Å². The molecular formula is C27H49NO4. The van der Waals surface area contributed by atoms with Gasteiger partial charge in [-0.15, -0.1) is 0 Å². The maximum absolute atomic E-state index is 10.7. The number of carboxylic acid groups (broad SMARTS) is 1. The lowest BCUT2D eigenvalue weighted by Gasteiger charge is -2.32. The molecule has 5 nitrogen and oxygen atoms in total. The van der Waals surface area contributed by atoms with Crippen LogP contribution in [0, 0.1) is 0 Å². The highest BCUT2D eigenvalue weighted by Crippen LogP contribution is 2.14. The Labute approximate surface area is 197 Å². The van der Waals surface area contributed by atoms with Gasteiger partial charge in [0.25, 0.3) is 0 Å². The minimum absolute atomic E-state index is 0.178. The average molecular weight is 452 g/mol. The van der Waals surface area contributed by atoms with Crippen molar-refractivity contribution < 1.29 is 24.6 Å². The van der Waals surface area contributed by atoms with Gasteiger partial charge in [0.15, 0.2) is 6.23 Å². The molecule has 0 bridgehead atoms. The number of aromatic carboxylic acids is 1. The van der Waals surface area contributed by atoms with Crippen molar-refractivity contribution in [1.82, 2.24) is 0 Å². The van der Waals surface area contributed by atoms with Gasteiger partial charge in [0.05, 0.1) is 26.2 Å². The van der Waals surface area contributed by atoms with Crippen molar-refractivity contribution in [2.24, 2.45) is 0 Å². The van der Waals surface area contributed by atoms with Crippen molar-refractivity contribution in [2.75, 3.05) is 20.6 Å². The van der Waals surface area contributed by atoms with Gasteiger partial charge in [-0.1, -0.05) is 108 Å². The highest BCUT2D eigenvalue weighted by atomic mass is 16.4. The first-order valence-electron chi connectivity index (χ1n) is 12.7. The van der Waals surface area contributed by atoms with Crippen LogP contribution in [0.1, 0.15) is 114 Å². The minimum atomic E-state index is -1.18. The summed E-state index contributed by atoms with van der Waals surface area (Å²) < 4.78 is 0.734. The lowest BCUT2D eigenvalue weighted by Crippen LogP contribution is -2.47. The molecule has 5 heteroatoms. The number of benzene rings is 1. The molecular weight excluding hydrogens is 402 g/mol. The Balaban J connectivity index is 0.000000792. The van der Waals surface area contributed by atoms with Crippen molar-refractivity contribution in [1.29, 1.82) is 0 Å². The number of quaternary nitrogens is 1. The zero-order valence-corrected chi connectivity index (χ0v) is 21.2. The zero-order valence-electron chi connectivity index (χ0n) is 21.2. The summed E-state index contributed by atoms with van der Waals surface area (Å²) in [7, 11) is 4.24. The quantitative estimate of drug-likeness (QED) is 0.164. The Hall–Kier alpha value is -1.59. The number of para-hydroxylation sites is 1. The van der Waals surface area contributed by atoms with Crippen LogP contribution >= 0.6 is 0 Å². The molecule has 1 aromatic rings. The van der Waals surface area contributed by atoms with E-state index in [-0.39, 0.29) is 11.8 Å². The molecule has 0 aromatic heterocycles. The van der Waals surface area contributed by atoms with E-state index >= 15 is 0 Å². The van der Waals surface area contributed by atoms with Gasteiger partial charge < -0.3 is 19.8 Å². The number of carbonyl (C=O) groups is 1. The molecule has 0 aliphatic rings. The average Bonchev–Trinajstić information content (AvgIpc) is 2.74. The Morgan fingerprint density at radius 1 is 0.844 bits per heavy atom. The summed E-state index contributed by atoms with van der Waals surface area (Å²) in [6, 6.07) is 5.54. The summed E-state index contributed by atoms with van der Waals surface area (Å²) in [6.45, 7) is 5.27. The fraction of sp³-hybridized carbons (Fsp3) is 0.741. The van der Waals surface area contributed by atoms with Gasteiger partial charge >= 0.3 is 5.97 Å². The Bertz CT molecular complexity index is 587. The van der Waals surface area contributed by atoms with E-state index in [0.29, 0.717) is 0 Å². The molecule has 1 rings (SSSR count). The molecule has 0 spiro atoms. The molecule has 1 unspecified atom stereocenters. The molecule has 0 radical (unpaired) electrons. The SMILES string of the molecule is CCCCCCCCCCCCCCCC[N+](C)(C)C(C)O.O=C(O)c1ccccc1[O-]. The maximum atomic E-state index is 10.7. The molecule has 0 fully saturated rings. The maximum Gasteiger partial charge on any atom is 0.335 e. The van der Waals surface area contributed by atoms with Gasteiger partial charge in [-0.3, -0.25) is 0 Å². The van der Waals surface area contributed by atoms with E-state index in [1.54, 1.807) is 0 Å². The third-order valence-corrected chi connectivity index (χ3v) is 6.22. The third kappa shape index (κ3) is 16.1. The Morgan fingerprint density at radius 3 is 1.59 bits per heavy atom. The van der Waals surface area contributed by atoms with Crippen LogP contribution in [0.15, 0.2) is 24.3 Å². The number of aliphatic hydroxyl groups excluding tert-OH is 1. The predicted molar refractivity (Wildman–Crippen MR) is 132 cm³/mol. The molecule has 1 aromatic carbocycles. The van der Waals surface area contributed by atoms with E-state index in [4.69, 9.17) is 5.11 Å². The first-order valence-corrected chi connectivity index (χ1v) is 12.7. The van der Waals surface area contributed by atoms with E-state index in [2.05, 4.69) is 21.0 Å². The van der Waals surface area contributed by atoms with Crippen molar-refractivity contribution in [3.05, 3.63) is 29.8 Å². The molecule has 0 aliphatic carbocycles. The Morgan fingerprint density at radius 2 is 1.25 bits per heavy atom. The lowest BCUT2D eigenvalue weighted by atomic mass is 10.0. The molecule has 0 aliphatic heterocycles. The number of aliphatic hydroxyl groups is 1. The standard InChI is InChI=1S/C20H44NO.C7H6O3/c1-5-6-7-8-9-10-11-12-13-14-15-16-17-18-19-21(3,4)20(2)22;8-6-4-2-1-3-5(6)7(9)10/h20,22H,5-19H2,1-4H3;1-4,8H,(H,9,10)/q+1;/p-1. The van der Waals surface area contributed by atoms with Crippen molar-refractivity contribution in [2.45, 2.75) is 110 Å². The second-order valence-corrected chi connectivity index (χ2v) is 9.53. The zero-order chi connectivity index (χ0) is 24.2. The van der Waals surface area contributed by atoms with E-state index in [1.165, 1.54) is 114 Å². The van der Waals surface area contributed by atoms with Gasteiger partial charge in [0.1, 0.15) is 0 Å². The third-order valence-electron chi connectivity index (χ3n) is 6.22. The van der Waals surface area contributed by atoms with E-state index in [0.717, 1.165) is 11.0 Å². The molecule has 0 heterocycles. The number of unbranched alkanes of at least 4 members (excludes halogenated alkanes) is 13. The molecule has 32 heavy (non-hydrogen) atoms. The smallest absolute Gasteiger partial charge is 0.335 e. The highest BCUT2D eigenvalue weighted by molar-refractivity contribution is 5.90. The second kappa shape index (κ2) is 18.9. The molecule has 0 saturated carbocycles.